The van der Waals surface area contributed by atoms with Crippen LogP contribution in [0.5, 0.6) is 5.75 Å². The molecule has 0 radical (unpaired) electrons. The average molecular weight is 328 g/mol. The number of fused-ring (bicyclic) bond motifs is 1. The third-order valence-corrected chi connectivity index (χ3v) is 4.55. The second kappa shape index (κ2) is 6.61. The molecule has 0 amide bonds. The molecule has 126 valence electrons. The second-order valence-corrected chi connectivity index (χ2v) is 6.21. The molecule has 1 heterocycles. The van der Waals surface area contributed by atoms with Gasteiger partial charge in [0.1, 0.15) is 5.75 Å². The fourth-order valence-corrected chi connectivity index (χ4v) is 2.83. The fraction of sp³-hybridized carbons (Fsp3) is 0.368. The number of benzene rings is 2. The Balaban J connectivity index is 1.73. The topological polar surface area (TPSA) is 61.8 Å². The smallest absolute Gasteiger partial charge is 0.337 e. The van der Waals surface area contributed by atoms with Crippen molar-refractivity contribution in [2.24, 2.45) is 5.41 Å². The highest BCUT2D eigenvalue weighted by Crippen LogP contribution is 2.35. The number of carbonyl (C=O) groups is 2. The first-order chi connectivity index (χ1) is 11.5. The van der Waals surface area contributed by atoms with E-state index >= 15 is 0 Å². The summed E-state index contributed by atoms with van der Waals surface area (Å²) in [6.07, 6.45) is 1.26. The first kappa shape index (κ1) is 16.5. The number of carbonyl (C=O) groups excluding carboxylic acids is 2. The maximum absolute atomic E-state index is 12.2. The van der Waals surface area contributed by atoms with Crippen LogP contribution in [0.1, 0.15) is 30.1 Å². The van der Waals surface area contributed by atoms with Gasteiger partial charge in [0.05, 0.1) is 32.3 Å². The monoisotopic (exact) mass is 328 g/mol. The van der Waals surface area contributed by atoms with Crippen LogP contribution in [0.4, 0.5) is 0 Å². The zero-order chi connectivity index (χ0) is 17.2. The van der Waals surface area contributed by atoms with Crippen LogP contribution >= 0.6 is 0 Å². The Morgan fingerprint density at radius 3 is 2.46 bits per heavy atom. The molecule has 1 fully saturated rings. The Kier molecular flexibility index (Phi) is 4.53. The molecule has 2 aromatic carbocycles. The number of esters is 2. The number of hydrogen-bond acceptors (Lipinski definition) is 5. The molecule has 0 atom stereocenters. The Morgan fingerprint density at radius 2 is 1.83 bits per heavy atom. The maximum Gasteiger partial charge on any atom is 0.337 e. The normalized spacial score (nSPS) is 15.6. The van der Waals surface area contributed by atoms with Crippen molar-refractivity contribution in [1.82, 2.24) is 0 Å². The highest BCUT2D eigenvalue weighted by Gasteiger charge is 2.39. The molecule has 1 saturated heterocycles. The van der Waals surface area contributed by atoms with E-state index in [1.54, 1.807) is 24.3 Å². The summed E-state index contributed by atoms with van der Waals surface area (Å²) >= 11 is 0. The molecule has 0 N–H and O–H groups in total. The van der Waals surface area contributed by atoms with Gasteiger partial charge in [0.15, 0.2) is 0 Å². The van der Waals surface area contributed by atoms with Gasteiger partial charge in [-0.2, -0.15) is 0 Å². The van der Waals surface area contributed by atoms with Crippen LogP contribution in [0.15, 0.2) is 36.4 Å². The van der Waals surface area contributed by atoms with Crippen molar-refractivity contribution in [3.8, 4) is 5.75 Å². The molecule has 24 heavy (non-hydrogen) atoms. The van der Waals surface area contributed by atoms with Gasteiger partial charge in [-0.25, -0.2) is 4.79 Å². The summed E-state index contributed by atoms with van der Waals surface area (Å²) in [5.74, 6) is -0.115. The quantitative estimate of drug-likeness (QED) is 0.622. The third-order valence-electron chi connectivity index (χ3n) is 4.55. The Hall–Kier alpha value is -2.40. The van der Waals surface area contributed by atoms with Gasteiger partial charge in [0, 0.05) is 5.41 Å². The minimum atomic E-state index is -0.375. The number of rotatable bonds is 5. The molecule has 0 spiro atoms. The lowest BCUT2D eigenvalue weighted by Crippen LogP contribution is -2.44. The van der Waals surface area contributed by atoms with Gasteiger partial charge in [-0.15, -0.1) is 0 Å². The molecular formula is C19H20O5. The lowest BCUT2D eigenvalue weighted by Gasteiger charge is -2.39. The molecule has 0 aromatic heterocycles. The summed E-state index contributed by atoms with van der Waals surface area (Å²) < 4.78 is 15.4. The Labute approximate surface area is 140 Å². The maximum atomic E-state index is 12.2. The van der Waals surface area contributed by atoms with E-state index in [1.165, 1.54) is 7.11 Å². The fourth-order valence-electron chi connectivity index (χ4n) is 2.83. The lowest BCUT2D eigenvalue weighted by molar-refractivity contribution is -0.154. The SMILES string of the molecule is CCC1(CC(=O)Oc2ccc3cc(C(=O)OC)ccc3c2)COC1. The summed E-state index contributed by atoms with van der Waals surface area (Å²) in [5, 5.41) is 1.78. The predicted molar refractivity (Wildman–Crippen MR) is 89.1 cm³/mol. The molecule has 0 unspecified atom stereocenters. The van der Waals surface area contributed by atoms with Crippen LogP contribution < -0.4 is 4.74 Å². The Bertz CT molecular complexity index is 771. The largest absolute Gasteiger partial charge is 0.465 e. The van der Waals surface area contributed by atoms with Crippen molar-refractivity contribution in [3.05, 3.63) is 42.0 Å². The highest BCUT2D eigenvalue weighted by molar-refractivity contribution is 5.95. The van der Waals surface area contributed by atoms with E-state index in [4.69, 9.17) is 14.2 Å². The summed E-state index contributed by atoms with van der Waals surface area (Å²) in [7, 11) is 1.35. The molecule has 1 aliphatic heterocycles. The molecule has 1 aliphatic rings. The van der Waals surface area contributed by atoms with Crippen LogP contribution in [0, 0.1) is 5.41 Å². The summed E-state index contributed by atoms with van der Waals surface area (Å²) in [6.45, 7) is 3.30. The van der Waals surface area contributed by atoms with Gasteiger partial charge in [0.25, 0.3) is 0 Å². The predicted octanol–water partition coefficient (Wildman–Crippen LogP) is 3.35. The van der Waals surface area contributed by atoms with Crippen LogP contribution in [0.3, 0.4) is 0 Å². The first-order valence-electron chi connectivity index (χ1n) is 7.96. The van der Waals surface area contributed by atoms with Crippen LogP contribution in [0.25, 0.3) is 10.8 Å². The van der Waals surface area contributed by atoms with E-state index in [2.05, 4.69) is 6.92 Å². The highest BCUT2D eigenvalue weighted by atomic mass is 16.5. The number of hydrogen-bond donors (Lipinski definition) is 0. The summed E-state index contributed by atoms with van der Waals surface area (Å²) in [5.41, 5.74) is 0.424. The van der Waals surface area contributed by atoms with Gasteiger partial charge in [0.2, 0.25) is 0 Å². The molecule has 0 bridgehead atoms. The molecular weight excluding hydrogens is 308 g/mol. The lowest BCUT2D eigenvalue weighted by atomic mass is 9.80. The first-order valence-corrected chi connectivity index (χ1v) is 7.96. The van der Waals surface area contributed by atoms with Gasteiger partial charge >= 0.3 is 11.9 Å². The molecule has 5 nitrogen and oxygen atoms in total. The van der Waals surface area contributed by atoms with Gasteiger partial charge in [-0.1, -0.05) is 19.1 Å². The standard InChI is InChI=1S/C19H20O5/c1-3-19(11-23-12-19)10-17(20)24-16-7-6-13-8-15(18(21)22-2)5-4-14(13)9-16/h4-9H,3,10-12H2,1-2H3. The average Bonchev–Trinajstić information content (AvgIpc) is 2.57. The van der Waals surface area contributed by atoms with Crippen molar-refractivity contribution < 1.29 is 23.8 Å². The Morgan fingerprint density at radius 1 is 1.12 bits per heavy atom. The van der Waals surface area contributed by atoms with Crippen molar-refractivity contribution >= 4 is 22.7 Å². The van der Waals surface area contributed by atoms with Crippen molar-refractivity contribution in [2.75, 3.05) is 20.3 Å². The van der Waals surface area contributed by atoms with Crippen molar-refractivity contribution in [3.63, 3.8) is 0 Å². The van der Waals surface area contributed by atoms with Crippen molar-refractivity contribution in [1.29, 1.82) is 0 Å². The summed E-state index contributed by atoms with van der Waals surface area (Å²) in [6, 6.07) is 10.6. The van der Waals surface area contributed by atoms with E-state index in [0.717, 1.165) is 17.2 Å². The van der Waals surface area contributed by atoms with E-state index in [9.17, 15) is 9.59 Å². The van der Waals surface area contributed by atoms with Crippen LogP contribution in [-0.4, -0.2) is 32.3 Å². The number of methoxy groups -OCH3 is 1. The van der Waals surface area contributed by atoms with Crippen molar-refractivity contribution in [2.45, 2.75) is 19.8 Å². The minimum Gasteiger partial charge on any atom is -0.465 e. The van der Waals surface area contributed by atoms with E-state index < -0.39 is 0 Å². The molecule has 3 rings (SSSR count). The third kappa shape index (κ3) is 3.26. The molecule has 0 saturated carbocycles. The van der Waals surface area contributed by atoms with Gasteiger partial charge in [-0.3, -0.25) is 4.79 Å². The molecule has 5 heteroatoms. The van der Waals surface area contributed by atoms with Crippen LogP contribution in [-0.2, 0) is 14.3 Å². The zero-order valence-electron chi connectivity index (χ0n) is 13.8. The van der Waals surface area contributed by atoms with E-state index in [-0.39, 0.29) is 17.4 Å². The van der Waals surface area contributed by atoms with E-state index in [0.29, 0.717) is 30.9 Å². The molecule has 0 aliphatic carbocycles. The van der Waals surface area contributed by atoms with Crippen LogP contribution in [0.2, 0.25) is 0 Å². The molecule has 2 aromatic rings. The summed E-state index contributed by atoms with van der Waals surface area (Å²) in [4.78, 5) is 23.7. The number of ether oxygens (including phenoxy) is 3. The minimum absolute atomic E-state index is 0.0661. The van der Waals surface area contributed by atoms with Gasteiger partial charge in [-0.05, 0) is 41.5 Å². The van der Waals surface area contributed by atoms with Gasteiger partial charge < -0.3 is 14.2 Å². The zero-order valence-corrected chi connectivity index (χ0v) is 13.8. The second-order valence-electron chi connectivity index (χ2n) is 6.21. The van der Waals surface area contributed by atoms with E-state index in [1.807, 2.05) is 12.1 Å².